The maximum atomic E-state index is 9.81. The number of carboxylic acid groups (broad SMARTS) is 2. The van der Waals surface area contributed by atoms with Crippen LogP contribution in [0.5, 0.6) is 0 Å². The van der Waals surface area contributed by atoms with E-state index < -0.39 is 24.1 Å². The van der Waals surface area contributed by atoms with Gasteiger partial charge in [-0.2, -0.15) is 0 Å². The zero-order chi connectivity index (χ0) is 12.4. The normalized spacial score (nSPS) is 13.3. The van der Waals surface area contributed by atoms with Crippen LogP contribution in [0.4, 0.5) is 0 Å². The van der Waals surface area contributed by atoms with Crippen molar-refractivity contribution in [3.8, 4) is 0 Å². The molecule has 90 valence electrons. The number of hydrogen-bond donors (Lipinski definition) is 4. The van der Waals surface area contributed by atoms with Crippen molar-refractivity contribution in [2.24, 2.45) is 0 Å². The molecule has 0 aromatic rings. The second kappa shape index (κ2) is 9.42. The third kappa shape index (κ3) is 19.3. The Labute approximate surface area is 88.2 Å². The maximum absolute atomic E-state index is 9.81. The number of rotatable bonds is 5. The lowest BCUT2D eigenvalue weighted by Crippen LogP contribution is -2.10. The highest BCUT2D eigenvalue weighted by Crippen LogP contribution is 1.94. The van der Waals surface area contributed by atoms with Crippen molar-refractivity contribution in [2.45, 2.75) is 45.3 Å². The first-order valence-corrected chi connectivity index (χ1v) is 4.59. The van der Waals surface area contributed by atoms with Gasteiger partial charge in [0.25, 0.3) is 0 Å². The minimum absolute atomic E-state index is 0.142. The van der Waals surface area contributed by atoms with Crippen LogP contribution in [0, 0.1) is 0 Å². The van der Waals surface area contributed by atoms with E-state index in [1.807, 2.05) is 0 Å². The summed E-state index contributed by atoms with van der Waals surface area (Å²) in [7, 11) is 0. The lowest BCUT2D eigenvalue weighted by Gasteiger charge is -2.00. The summed E-state index contributed by atoms with van der Waals surface area (Å²) in [6.07, 6.45) is -1.20. The highest BCUT2D eigenvalue weighted by atomic mass is 16.4. The second-order valence-electron chi connectivity index (χ2n) is 3.11. The molecule has 2 unspecified atom stereocenters. The largest absolute Gasteiger partial charge is 0.481 e. The highest BCUT2D eigenvalue weighted by Gasteiger charge is 2.04. The summed E-state index contributed by atoms with van der Waals surface area (Å²) in [5, 5.41) is 33.0. The topological polar surface area (TPSA) is 115 Å². The molecule has 2 atom stereocenters. The number of carbonyl (C=O) groups is 2. The van der Waals surface area contributed by atoms with Gasteiger partial charge in [0, 0.05) is 0 Å². The van der Waals surface area contributed by atoms with Gasteiger partial charge in [0.15, 0.2) is 0 Å². The van der Waals surface area contributed by atoms with Gasteiger partial charge in [-0.1, -0.05) is 6.92 Å². The van der Waals surface area contributed by atoms with Crippen molar-refractivity contribution in [2.75, 3.05) is 0 Å². The summed E-state index contributed by atoms with van der Waals surface area (Å²) >= 11 is 0. The Morgan fingerprint density at radius 1 is 1.07 bits per heavy atom. The van der Waals surface area contributed by atoms with Crippen molar-refractivity contribution in [1.82, 2.24) is 0 Å². The first kappa shape index (κ1) is 16.3. The van der Waals surface area contributed by atoms with Gasteiger partial charge in [-0.15, -0.1) is 0 Å². The van der Waals surface area contributed by atoms with Gasteiger partial charge in [0.2, 0.25) is 0 Å². The van der Waals surface area contributed by atoms with E-state index in [2.05, 4.69) is 0 Å². The SMILES string of the molecule is CC(O)CC(=O)O.CCC(O)CC(=O)O. The molecule has 4 N–H and O–H groups in total. The van der Waals surface area contributed by atoms with Crippen LogP contribution in [0.1, 0.15) is 33.1 Å². The van der Waals surface area contributed by atoms with E-state index in [4.69, 9.17) is 20.4 Å². The molecule has 15 heavy (non-hydrogen) atoms. The molecule has 0 saturated heterocycles. The second-order valence-corrected chi connectivity index (χ2v) is 3.11. The van der Waals surface area contributed by atoms with E-state index in [1.165, 1.54) is 6.92 Å². The number of aliphatic carboxylic acids is 2. The summed E-state index contributed by atoms with van der Waals surface area (Å²) in [6.45, 7) is 3.18. The molecule has 0 amide bonds. The minimum Gasteiger partial charge on any atom is -0.481 e. The molecule has 0 fully saturated rings. The summed E-state index contributed by atoms with van der Waals surface area (Å²) in [5.74, 6) is -1.91. The van der Waals surface area contributed by atoms with Crippen LogP contribution < -0.4 is 0 Å². The number of hydrogen-bond acceptors (Lipinski definition) is 4. The summed E-state index contributed by atoms with van der Waals surface area (Å²) in [5.41, 5.74) is 0. The van der Waals surface area contributed by atoms with Gasteiger partial charge in [0.1, 0.15) is 0 Å². The Bertz CT molecular complexity index is 189. The van der Waals surface area contributed by atoms with Gasteiger partial charge in [-0.25, -0.2) is 0 Å². The van der Waals surface area contributed by atoms with Gasteiger partial charge in [-0.3, -0.25) is 9.59 Å². The van der Waals surface area contributed by atoms with Crippen molar-refractivity contribution >= 4 is 11.9 Å². The average molecular weight is 222 g/mol. The predicted molar refractivity (Wildman–Crippen MR) is 52.5 cm³/mol. The Balaban J connectivity index is 0. The molecule has 0 aliphatic rings. The maximum Gasteiger partial charge on any atom is 0.305 e. The first-order chi connectivity index (χ1) is 6.79. The van der Waals surface area contributed by atoms with E-state index in [-0.39, 0.29) is 12.8 Å². The van der Waals surface area contributed by atoms with Crippen molar-refractivity contribution in [3.05, 3.63) is 0 Å². The first-order valence-electron chi connectivity index (χ1n) is 4.59. The zero-order valence-electron chi connectivity index (χ0n) is 8.88. The molecule has 0 rings (SSSR count). The van der Waals surface area contributed by atoms with Crippen LogP contribution in [-0.2, 0) is 9.59 Å². The van der Waals surface area contributed by atoms with Crippen molar-refractivity contribution in [3.63, 3.8) is 0 Å². The molecule has 0 spiro atoms. The van der Waals surface area contributed by atoms with Gasteiger partial charge >= 0.3 is 11.9 Å². The molecule has 0 radical (unpaired) electrons. The fourth-order valence-corrected chi connectivity index (χ4v) is 0.599. The monoisotopic (exact) mass is 222 g/mol. The van der Waals surface area contributed by atoms with Crippen LogP contribution in [0.15, 0.2) is 0 Å². The Hall–Kier alpha value is -1.14. The molecule has 6 nitrogen and oxygen atoms in total. The van der Waals surface area contributed by atoms with Crippen LogP contribution >= 0.6 is 0 Å². The molecular formula is C9H18O6. The molecule has 6 heteroatoms. The summed E-state index contributed by atoms with van der Waals surface area (Å²) in [6, 6.07) is 0. The minimum atomic E-state index is -0.963. The lowest BCUT2D eigenvalue weighted by atomic mass is 10.2. The van der Waals surface area contributed by atoms with E-state index >= 15 is 0 Å². The zero-order valence-corrected chi connectivity index (χ0v) is 8.88. The summed E-state index contributed by atoms with van der Waals surface area (Å²) < 4.78 is 0. The third-order valence-electron chi connectivity index (χ3n) is 1.35. The quantitative estimate of drug-likeness (QED) is 0.523. The highest BCUT2D eigenvalue weighted by molar-refractivity contribution is 5.67. The number of carboxylic acids is 2. The fourth-order valence-electron chi connectivity index (χ4n) is 0.599. The lowest BCUT2D eigenvalue weighted by molar-refractivity contribution is -0.140. The fraction of sp³-hybridized carbons (Fsp3) is 0.778. The smallest absolute Gasteiger partial charge is 0.305 e. The van der Waals surface area contributed by atoms with Gasteiger partial charge in [0.05, 0.1) is 25.0 Å². The molecule has 0 aromatic carbocycles. The number of aliphatic hydroxyl groups is 2. The van der Waals surface area contributed by atoms with Crippen LogP contribution in [0.3, 0.4) is 0 Å². The van der Waals surface area contributed by atoms with Crippen LogP contribution in [0.25, 0.3) is 0 Å². The molecule has 0 saturated carbocycles. The number of aliphatic hydroxyl groups excluding tert-OH is 2. The average Bonchev–Trinajstić information content (AvgIpc) is 2.01. The van der Waals surface area contributed by atoms with Crippen molar-refractivity contribution in [1.29, 1.82) is 0 Å². The molecule has 0 heterocycles. The molecule has 0 aliphatic heterocycles. The van der Waals surface area contributed by atoms with E-state index in [0.29, 0.717) is 6.42 Å². The Kier molecular flexibility index (Phi) is 10.2. The van der Waals surface area contributed by atoms with E-state index in [0.717, 1.165) is 0 Å². The molecule has 0 aromatic heterocycles. The van der Waals surface area contributed by atoms with Crippen LogP contribution in [-0.4, -0.2) is 44.6 Å². The molecule has 0 bridgehead atoms. The van der Waals surface area contributed by atoms with Crippen LogP contribution in [0.2, 0.25) is 0 Å². The Morgan fingerprint density at radius 2 is 1.47 bits per heavy atom. The van der Waals surface area contributed by atoms with Crippen molar-refractivity contribution < 1.29 is 30.0 Å². The van der Waals surface area contributed by atoms with E-state index in [9.17, 15) is 9.59 Å². The Morgan fingerprint density at radius 3 is 1.53 bits per heavy atom. The van der Waals surface area contributed by atoms with Gasteiger partial charge < -0.3 is 20.4 Å². The standard InChI is InChI=1S/C5H10O3.C4H8O3/c1-2-4(6)3-5(7)8;1-3(5)2-4(6)7/h4,6H,2-3H2,1H3,(H,7,8);3,5H,2H2,1H3,(H,6,7). The summed E-state index contributed by atoms with van der Waals surface area (Å²) in [4.78, 5) is 19.5. The van der Waals surface area contributed by atoms with E-state index in [1.54, 1.807) is 6.92 Å². The predicted octanol–water partition coefficient (Wildman–Crippen LogP) is 0.0739. The third-order valence-corrected chi connectivity index (χ3v) is 1.35. The molecule has 0 aliphatic carbocycles. The molecular weight excluding hydrogens is 204 g/mol. The van der Waals surface area contributed by atoms with Gasteiger partial charge in [-0.05, 0) is 13.3 Å².